The molecule has 1 aromatic heterocycles. The summed E-state index contributed by atoms with van der Waals surface area (Å²) in [5.41, 5.74) is 5.66. The molecule has 2 aromatic rings. The number of ether oxygens (including phenoxy) is 1. The van der Waals surface area contributed by atoms with E-state index in [1.165, 1.54) is 12.3 Å². The summed E-state index contributed by atoms with van der Waals surface area (Å²) in [7, 11) is 0. The highest BCUT2D eigenvalue weighted by Crippen LogP contribution is 2.32. The van der Waals surface area contributed by atoms with Crippen molar-refractivity contribution in [3.8, 4) is 11.6 Å². The number of hydrogen-bond acceptors (Lipinski definition) is 4. The van der Waals surface area contributed by atoms with Crippen molar-refractivity contribution < 1.29 is 14.6 Å². The van der Waals surface area contributed by atoms with Gasteiger partial charge in [-0.2, -0.15) is 0 Å². The molecule has 1 aromatic carbocycles. The van der Waals surface area contributed by atoms with Crippen LogP contribution in [0.4, 0.5) is 5.69 Å². The van der Waals surface area contributed by atoms with Crippen LogP contribution in [0.5, 0.6) is 11.6 Å². The second-order valence-corrected chi connectivity index (χ2v) is 4.27. The lowest BCUT2D eigenvalue weighted by atomic mass is 10.2. The fraction of sp³-hybridized carbons (Fsp3) is 0. The van der Waals surface area contributed by atoms with Crippen LogP contribution in [0.15, 0.2) is 41.0 Å². The summed E-state index contributed by atoms with van der Waals surface area (Å²) in [4.78, 5) is 14.8. The first-order valence-corrected chi connectivity index (χ1v) is 5.79. The first-order valence-electron chi connectivity index (χ1n) is 4.99. The average molecular weight is 309 g/mol. The van der Waals surface area contributed by atoms with Crippen molar-refractivity contribution >= 4 is 27.6 Å². The molecule has 0 saturated carbocycles. The average Bonchev–Trinajstić information content (AvgIpc) is 2.34. The minimum absolute atomic E-state index is 0.000697. The SMILES string of the molecule is Nc1c(C(=O)O)ccnc1Oc1ccccc1Br. The number of nitrogens with two attached hydrogens (primary N) is 1. The molecule has 0 spiro atoms. The molecule has 1 heterocycles. The summed E-state index contributed by atoms with van der Waals surface area (Å²) in [6.07, 6.45) is 1.34. The third-order valence-electron chi connectivity index (χ3n) is 2.23. The van der Waals surface area contributed by atoms with Crippen LogP contribution in [-0.2, 0) is 0 Å². The van der Waals surface area contributed by atoms with Crippen molar-refractivity contribution in [1.29, 1.82) is 0 Å². The Balaban J connectivity index is 2.39. The van der Waals surface area contributed by atoms with Crippen molar-refractivity contribution in [3.05, 3.63) is 46.6 Å². The summed E-state index contributed by atoms with van der Waals surface area (Å²) in [6, 6.07) is 8.47. The Morgan fingerprint density at radius 3 is 2.72 bits per heavy atom. The zero-order valence-electron chi connectivity index (χ0n) is 9.13. The molecule has 0 bridgehead atoms. The molecule has 0 unspecified atom stereocenters. The van der Waals surface area contributed by atoms with Gasteiger partial charge in [-0.05, 0) is 34.1 Å². The number of carboxylic acid groups (broad SMARTS) is 1. The Hall–Kier alpha value is -2.08. The van der Waals surface area contributed by atoms with Crippen LogP contribution in [0.1, 0.15) is 10.4 Å². The van der Waals surface area contributed by atoms with Crippen LogP contribution in [-0.4, -0.2) is 16.1 Å². The quantitative estimate of drug-likeness (QED) is 0.910. The van der Waals surface area contributed by atoms with Crippen LogP contribution in [0.2, 0.25) is 0 Å². The Labute approximate surface area is 111 Å². The van der Waals surface area contributed by atoms with Crippen LogP contribution in [0.3, 0.4) is 0 Å². The van der Waals surface area contributed by atoms with Gasteiger partial charge in [-0.3, -0.25) is 0 Å². The number of benzene rings is 1. The number of nitrogen functional groups attached to an aromatic ring is 1. The van der Waals surface area contributed by atoms with Gasteiger partial charge in [-0.1, -0.05) is 12.1 Å². The van der Waals surface area contributed by atoms with Gasteiger partial charge in [0.15, 0.2) is 0 Å². The summed E-state index contributed by atoms with van der Waals surface area (Å²) in [5, 5.41) is 8.94. The zero-order chi connectivity index (χ0) is 13.1. The van der Waals surface area contributed by atoms with E-state index in [0.717, 1.165) is 4.47 Å². The molecule has 0 amide bonds. The van der Waals surface area contributed by atoms with Gasteiger partial charge in [0, 0.05) is 6.20 Å². The molecular weight excluding hydrogens is 300 g/mol. The molecule has 5 nitrogen and oxygen atoms in total. The van der Waals surface area contributed by atoms with E-state index in [1.54, 1.807) is 18.2 Å². The summed E-state index contributed by atoms with van der Waals surface area (Å²) in [6.45, 7) is 0. The van der Waals surface area contributed by atoms with Gasteiger partial charge in [0.05, 0.1) is 10.0 Å². The number of halogens is 1. The van der Waals surface area contributed by atoms with Crippen molar-refractivity contribution in [2.45, 2.75) is 0 Å². The molecule has 0 saturated heterocycles. The molecule has 0 aliphatic heterocycles. The number of pyridine rings is 1. The van der Waals surface area contributed by atoms with Crippen molar-refractivity contribution in [1.82, 2.24) is 4.98 Å². The van der Waals surface area contributed by atoms with Gasteiger partial charge in [0.1, 0.15) is 11.4 Å². The molecule has 0 atom stereocenters. The fourth-order valence-corrected chi connectivity index (χ4v) is 1.72. The molecule has 0 fully saturated rings. The van der Waals surface area contributed by atoms with Crippen LogP contribution in [0, 0.1) is 0 Å². The molecule has 92 valence electrons. The van der Waals surface area contributed by atoms with Gasteiger partial charge >= 0.3 is 5.97 Å². The number of hydrogen-bond donors (Lipinski definition) is 2. The van der Waals surface area contributed by atoms with E-state index >= 15 is 0 Å². The highest BCUT2D eigenvalue weighted by molar-refractivity contribution is 9.10. The van der Waals surface area contributed by atoms with E-state index < -0.39 is 5.97 Å². The van der Waals surface area contributed by atoms with Crippen molar-refractivity contribution in [3.63, 3.8) is 0 Å². The van der Waals surface area contributed by atoms with E-state index in [4.69, 9.17) is 15.6 Å². The number of aromatic nitrogens is 1. The van der Waals surface area contributed by atoms with Crippen LogP contribution < -0.4 is 10.5 Å². The largest absolute Gasteiger partial charge is 0.478 e. The second-order valence-electron chi connectivity index (χ2n) is 3.41. The molecule has 2 rings (SSSR count). The van der Waals surface area contributed by atoms with Crippen molar-refractivity contribution in [2.75, 3.05) is 5.73 Å². The van der Waals surface area contributed by atoms with Crippen LogP contribution in [0.25, 0.3) is 0 Å². The predicted molar refractivity (Wildman–Crippen MR) is 69.8 cm³/mol. The number of nitrogens with zero attached hydrogens (tertiary/aromatic N) is 1. The fourth-order valence-electron chi connectivity index (χ4n) is 1.35. The van der Waals surface area contributed by atoms with Crippen LogP contribution >= 0.6 is 15.9 Å². The maximum atomic E-state index is 10.9. The third kappa shape index (κ3) is 2.43. The Morgan fingerprint density at radius 1 is 1.33 bits per heavy atom. The lowest BCUT2D eigenvalue weighted by Gasteiger charge is -2.09. The lowest BCUT2D eigenvalue weighted by Crippen LogP contribution is -2.05. The van der Waals surface area contributed by atoms with Gasteiger partial charge in [0.25, 0.3) is 0 Å². The second kappa shape index (κ2) is 5.05. The Kier molecular flexibility index (Phi) is 3.47. The number of carbonyl (C=O) groups is 1. The summed E-state index contributed by atoms with van der Waals surface area (Å²) >= 11 is 3.32. The molecule has 6 heteroatoms. The monoisotopic (exact) mass is 308 g/mol. The van der Waals surface area contributed by atoms with Gasteiger partial charge < -0.3 is 15.6 Å². The summed E-state index contributed by atoms with van der Waals surface area (Å²) in [5.74, 6) is -0.534. The smallest absolute Gasteiger partial charge is 0.338 e. The highest BCUT2D eigenvalue weighted by Gasteiger charge is 2.14. The van der Waals surface area contributed by atoms with Crippen molar-refractivity contribution in [2.24, 2.45) is 0 Å². The van der Waals surface area contributed by atoms with E-state index in [1.807, 2.05) is 6.07 Å². The van der Waals surface area contributed by atoms with E-state index in [0.29, 0.717) is 5.75 Å². The zero-order valence-corrected chi connectivity index (χ0v) is 10.7. The van der Waals surface area contributed by atoms with E-state index in [2.05, 4.69) is 20.9 Å². The number of rotatable bonds is 3. The Morgan fingerprint density at radius 2 is 2.06 bits per heavy atom. The first kappa shape index (κ1) is 12.4. The Bertz CT molecular complexity index is 602. The van der Waals surface area contributed by atoms with Gasteiger partial charge in [0.2, 0.25) is 5.88 Å². The first-order chi connectivity index (χ1) is 8.59. The number of anilines is 1. The summed E-state index contributed by atoms with van der Waals surface area (Å²) < 4.78 is 6.21. The molecular formula is C12H9BrN2O3. The minimum Gasteiger partial charge on any atom is -0.478 e. The topological polar surface area (TPSA) is 85.4 Å². The van der Waals surface area contributed by atoms with Gasteiger partial charge in [-0.25, -0.2) is 9.78 Å². The molecule has 3 N–H and O–H groups in total. The van der Waals surface area contributed by atoms with Gasteiger partial charge in [-0.15, -0.1) is 0 Å². The minimum atomic E-state index is -1.12. The standard InChI is InChI=1S/C12H9BrN2O3/c13-8-3-1-2-4-9(8)18-11-10(14)7(12(16)17)5-6-15-11/h1-6H,14H2,(H,16,17). The maximum Gasteiger partial charge on any atom is 0.338 e. The third-order valence-corrected chi connectivity index (χ3v) is 2.88. The normalized spacial score (nSPS) is 10.1. The maximum absolute atomic E-state index is 10.9. The number of para-hydroxylation sites is 1. The highest BCUT2D eigenvalue weighted by atomic mass is 79.9. The predicted octanol–water partition coefficient (Wildman–Crippen LogP) is 2.92. The molecule has 0 aliphatic rings. The number of aromatic carboxylic acids is 1. The van der Waals surface area contributed by atoms with E-state index in [9.17, 15) is 4.79 Å². The molecule has 0 radical (unpaired) electrons. The van der Waals surface area contributed by atoms with E-state index in [-0.39, 0.29) is 17.1 Å². The number of carboxylic acids is 1. The lowest BCUT2D eigenvalue weighted by molar-refractivity contribution is 0.0697. The molecule has 0 aliphatic carbocycles. The molecule has 18 heavy (non-hydrogen) atoms.